The highest BCUT2D eigenvalue weighted by Crippen LogP contribution is 2.23. The van der Waals surface area contributed by atoms with Crippen LogP contribution in [0.15, 0.2) is 48.7 Å². The third kappa shape index (κ3) is 5.02. The van der Waals surface area contributed by atoms with E-state index < -0.39 is 0 Å². The smallest absolute Gasteiger partial charge is 0.228 e. The molecule has 4 rings (SSSR count). The number of rotatable bonds is 5. The Kier molecular flexibility index (Phi) is 6.38. The van der Waals surface area contributed by atoms with Crippen LogP contribution in [0.2, 0.25) is 0 Å². The summed E-state index contributed by atoms with van der Waals surface area (Å²) in [6.45, 7) is 4.64. The van der Waals surface area contributed by atoms with Crippen molar-refractivity contribution in [1.82, 2.24) is 19.7 Å². The van der Waals surface area contributed by atoms with Crippen molar-refractivity contribution in [2.24, 2.45) is 5.92 Å². The van der Waals surface area contributed by atoms with Gasteiger partial charge in [0.2, 0.25) is 11.8 Å². The number of hydrogen-bond donors (Lipinski definition) is 0. The van der Waals surface area contributed by atoms with Gasteiger partial charge in [-0.3, -0.25) is 19.5 Å². The number of aromatic nitrogens is 1. The molecule has 2 aliphatic heterocycles. The minimum atomic E-state index is -0.313. The number of likely N-dealkylation sites (tertiary alicyclic amines) is 1. The fourth-order valence-corrected chi connectivity index (χ4v) is 4.27. The summed E-state index contributed by atoms with van der Waals surface area (Å²) in [6, 6.07) is 12.2. The Morgan fingerprint density at radius 2 is 1.97 bits per heavy atom. The van der Waals surface area contributed by atoms with E-state index in [1.807, 2.05) is 23.1 Å². The molecule has 0 radical (unpaired) electrons. The number of pyridine rings is 1. The van der Waals surface area contributed by atoms with Gasteiger partial charge in [-0.1, -0.05) is 18.2 Å². The molecular weight excluding hydrogens is 383 g/mol. The third-order valence-corrected chi connectivity index (χ3v) is 5.84. The second-order valence-corrected chi connectivity index (χ2v) is 8.08. The molecule has 6 nitrogen and oxygen atoms in total. The zero-order valence-corrected chi connectivity index (χ0v) is 17.0. The van der Waals surface area contributed by atoms with Crippen LogP contribution in [0.4, 0.5) is 4.39 Å². The summed E-state index contributed by atoms with van der Waals surface area (Å²) in [5.41, 5.74) is 1.78. The molecule has 0 saturated carbocycles. The molecule has 2 aromatic rings. The average molecular weight is 410 g/mol. The molecule has 2 fully saturated rings. The first kappa shape index (κ1) is 20.5. The second-order valence-electron chi connectivity index (χ2n) is 8.08. The van der Waals surface area contributed by atoms with E-state index in [0.29, 0.717) is 26.2 Å². The molecule has 0 spiro atoms. The predicted octanol–water partition coefficient (Wildman–Crippen LogP) is 2.30. The van der Waals surface area contributed by atoms with Crippen molar-refractivity contribution in [3.05, 3.63) is 65.7 Å². The topological polar surface area (TPSA) is 56.8 Å². The zero-order chi connectivity index (χ0) is 20.9. The maximum atomic E-state index is 13.4. The fourth-order valence-electron chi connectivity index (χ4n) is 4.27. The van der Waals surface area contributed by atoms with Crippen molar-refractivity contribution in [3.8, 4) is 0 Å². The maximum Gasteiger partial charge on any atom is 0.228 e. The number of carbonyl (C=O) groups excluding carboxylic acids is 2. The molecule has 7 heteroatoms. The van der Waals surface area contributed by atoms with Crippen LogP contribution >= 0.6 is 0 Å². The Bertz CT molecular complexity index is 892. The van der Waals surface area contributed by atoms with Gasteiger partial charge in [0.15, 0.2) is 0 Å². The van der Waals surface area contributed by atoms with Crippen LogP contribution < -0.4 is 0 Å². The van der Waals surface area contributed by atoms with Gasteiger partial charge in [0.25, 0.3) is 0 Å². The van der Waals surface area contributed by atoms with E-state index >= 15 is 0 Å². The van der Waals surface area contributed by atoms with Crippen molar-refractivity contribution in [3.63, 3.8) is 0 Å². The molecule has 2 amide bonds. The molecule has 1 aromatic heterocycles. The molecule has 158 valence electrons. The maximum absolute atomic E-state index is 13.4. The van der Waals surface area contributed by atoms with Gasteiger partial charge < -0.3 is 9.80 Å². The van der Waals surface area contributed by atoms with Gasteiger partial charge in [0.1, 0.15) is 5.82 Å². The van der Waals surface area contributed by atoms with Crippen LogP contribution in [0.25, 0.3) is 0 Å². The van der Waals surface area contributed by atoms with E-state index in [1.54, 1.807) is 23.2 Å². The lowest BCUT2D eigenvalue weighted by atomic mass is 10.1. The molecule has 0 bridgehead atoms. The number of benzene rings is 1. The van der Waals surface area contributed by atoms with Crippen molar-refractivity contribution in [2.45, 2.75) is 25.9 Å². The van der Waals surface area contributed by atoms with Gasteiger partial charge in [-0.25, -0.2) is 4.39 Å². The molecule has 0 aliphatic carbocycles. The van der Waals surface area contributed by atoms with Crippen molar-refractivity contribution < 1.29 is 14.0 Å². The Hall–Kier alpha value is -2.80. The average Bonchev–Trinajstić information content (AvgIpc) is 2.95. The van der Waals surface area contributed by atoms with Gasteiger partial charge in [0, 0.05) is 58.4 Å². The summed E-state index contributed by atoms with van der Waals surface area (Å²) >= 11 is 0. The van der Waals surface area contributed by atoms with Crippen LogP contribution in [0.3, 0.4) is 0 Å². The molecule has 1 aromatic carbocycles. The summed E-state index contributed by atoms with van der Waals surface area (Å²) in [4.78, 5) is 35.8. The van der Waals surface area contributed by atoms with Gasteiger partial charge in [-0.05, 0) is 36.2 Å². The molecular formula is C23H27FN4O2. The molecule has 30 heavy (non-hydrogen) atoms. The fraction of sp³-hybridized carbons (Fsp3) is 0.435. The van der Waals surface area contributed by atoms with Gasteiger partial charge in [-0.2, -0.15) is 0 Å². The molecule has 1 atom stereocenters. The van der Waals surface area contributed by atoms with E-state index in [-0.39, 0.29) is 30.0 Å². The van der Waals surface area contributed by atoms with Gasteiger partial charge in [0.05, 0.1) is 11.6 Å². The van der Waals surface area contributed by atoms with Crippen molar-refractivity contribution in [1.29, 1.82) is 0 Å². The Morgan fingerprint density at radius 3 is 2.77 bits per heavy atom. The largest absolute Gasteiger partial charge is 0.341 e. The quantitative estimate of drug-likeness (QED) is 0.759. The van der Waals surface area contributed by atoms with Crippen molar-refractivity contribution in [2.75, 3.05) is 32.7 Å². The summed E-state index contributed by atoms with van der Waals surface area (Å²) in [6.07, 6.45) is 2.95. The summed E-state index contributed by atoms with van der Waals surface area (Å²) in [7, 11) is 0. The molecule has 3 heterocycles. The Morgan fingerprint density at radius 1 is 1.07 bits per heavy atom. The highest BCUT2D eigenvalue weighted by Gasteiger charge is 2.36. The van der Waals surface area contributed by atoms with E-state index in [4.69, 9.17) is 0 Å². The molecule has 2 aliphatic rings. The van der Waals surface area contributed by atoms with Gasteiger partial charge >= 0.3 is 0 Å². The second kappa shape index (κ2) is 9.34. The standard InChI is InChI=1S/C23H27FN4O2/c24-20-6-3-5-18(13-20)15-28-16-19(14-22(28)29)23(30)27-10-4-9-26(11-12-27)17-21-7-1-2-8-25-21/h1-3,5-8,13,19H,4,9-12,14-17H2. The Labute approximate surface area is 176 Å². The number of halogens is 1. The minimum Gasteiger partial charge on any atom is -0.341 e. The zero-order valence-electron chi connectivity index (χ0n) is 17.0. The van der Waals surface area contributed by atoms with Crippen LogP contribution in [0.1, 0.15) is 24.1 Å². The van der Waals surface area contributed by atoms with Crippen LogP contribution in [-0.4, -0.2) is 64.2 Å². The first-order valence-corrected chi connectivity index (χ1v) is 10.5. The number of carbonyl (C=O) groups is 2. The Balaban J connectivity index is 1.31. The lowest BCUT2D eigenvalue weighted by molar-refractivity contribution is -0.135. The van der Waals surface area contributed by atoms with Crippen molar-refractivity contribution >= 4 is 11.8 Å². The van der Waals surface area contributed by atoms with E-state index in [1.165, 1.54) is 12.1 Å². The summed E-state index contributed by atoms with van der Waals surface area (Å²) in [5, 5.41) is 0. The third-order valence-electron chi connectivity index (χ3n) is 5.84. The molecule has 2 saturated heterocycles. The monoisotopic (exact) mass is 410 g/mol. The lowest BCUT2D eigenvalue weighted by Crippen LogP contribution is -2.39. The van der Waals surface area contributed by atoms with Crippen LogP contribution in [0, 0.1) is 11.7 Å². The van der Waals surface area contributed by atoms with Crippen LogP contribution in [-0.2, 0) is 22.7 Å². The number of hydrogen-bond acceptors (Lipinski definition) is 4. The minimum absolute atomic E-state index is 0.0378. The predicted molar refractivity (Wildman–Crippen MR) is 111 cm³/mol. The lowest BCUT2D eigenvalue weighted by Gasteiger charge is -2.24. The normalized spacial score (nSPS) is 20.4. The van der Waals surface area contributed by atoms with E-state index in [0.717, 1.165) is 37.3 Å². The number of amides is 2. The first-order chi connectivity index (χ1) is 14.6. The summed E-state index contributed by atoms with van der Waals surface area (Å²) < 4.78 is 13.4. The van der Waals surface area contributed by atoms with Gasteiger partial charge in [-0.15, -0.1) is 0 Å². The molecule has 0 N–H and O–H groups in total. The highest BCUT2D eigenvalue weighted by atomic mass is 19.1. The van der Waals surface area contributed by atoms with Crippen LogP contribution in [0.5, 0.6) is 0 Å². The molecule has 1 unspecified atom stereocenters. The highest BCUT2D eigenvalue weighted by molar-refractivity contribution is 5.89. The number of nitrogens with zero attached hydrogens (tertiary/aromatic N) is 4. The first-order valence-electron chi connectivity index (χ1n) is 10.5. The van der Waals surface area contributed by atoms with E-state index in [9.17, 15) is 14.0 Å². The van der Waals surface area contributed by atoms with E-state index in [2.05, 4.69) is 9.88 Å². The SMILES string of the molecule is O=C1CC(C(=O)N2CCCN(Cc3ccccn3)CC2)CN1Cc1cccc(F)c1. The summed E-state index contributed by atoms with van der Waals surface area (Å²) in [5.74, 6) is -0.603.